The van der Waals surface area contributed by atoms with Crippen LogP contribution >= 0.6 is 11.6 Å². The van der Waals surface area contributed by atoms with Crippen LogP contribution in [0.2, 0.25) is 0 Å². The number of carbonyl (C=O) groups is 1. The molecule has 0 fully saturated rings. The number of aliphatic imine (C=N–C) groups is 2. The average molecular weight is 350 g/mol. The summed E-state index contributed by atoms with van der Waals surface area (Å²) in [4.78, 5) is 19.3. The predicted molar refractivity (Wildman–Crippen MR) is 92.9 cm³/mol. The fourth-order valence-electron chi connectivity index (χ4n) is 2.81. The van der Waals surface area contributed by atoms with Crippen LogP contribution in [0.4, 0.5) is 4.39 Å². The summed E-state index contributed by atoms with van der Waals surface area (Å²) in [6.45, 7) is 1.91. The third-order valence-corrected chi connectivity index (χ3v) is 4.28. The monoisotopic (exact) mass is 349 g/mol. The topological polar surface area (TPSA) is 56.0 Å². The van der Waals surface area contributed by atoms with Crippen LogP contribution in [0.15, 0.2) is 40.4 Å². The van der Waals surface area contributed by atoms with Crippen molar-refractivity contribution in [3.63, 3.8) is 0 Å². The Labute approximate surface area is 143 Å². The van der Waals surface area contributed by atoms with E-state index < -0.39 is 6.17 Å². The molecule has 0 spiro atoms. The van der Waals surface area contributed by atoms with E-state index in [4.69, 9.17) is 16.3 Å². The minimum absolute atomic E-state index is 0.0184. The molecule has 2 aromatic rings. The number of nitrogens with zero attached hydrogens (tertiary/aromatic N) is 3. The van der Waals surface area contributed by atoms with Gasteiger partial charge in [-0.1, -0.05) is 12.1 Å². The van der Waals surface area contributed by atoms with Gasteiger partial charge in [0.2, 0.25) is 5.29 Å². The van der Waals surface area contributed by atoms with Crippen LogP contribution in [0, 0.1) is 0 Å². The van der Waals surface area contributed by atoms with Crippen LogP contribution in [0.5, 0.6) is 0 Å². The maximum Gasteiger partial charge on any atom is 0.307 e. The molecule has 0 aliphatic carbocycles. The summed E-state index contributed by atoms with van der Waals surface area (Å²) in [6.07, 6.45) is 0.891. The number of fused-ring (bicyclic) bond motifs is 1. The van der Waals surface area contributed by atoms with Crippen molar-refractivity contribution < 1.29 is 13.9 Å². The van der Waals surface area contributed by atoms with Gasteiger partial charge in [-0.2, -0.15) is 0 Å². The van der Waals surface area contributed by atoms with Crippen molar-refractivity contribution in [2.24, 2.45) is 9.98 Å². The molecule has 0 N–H and O–H groups in total. The first kappa shape index (κ1) is 16.6. The van der Waals surface area contributed by atoms with Crippen LogP contribution < -0.4 is 0 Å². The van der Waals surface area contributed by atoms with Gasteiger partial charge in [0.1, 0.15) is 0 Å². The number of halogens is 2. The fraction of sp³-hybridized carbons (Fsp3) is 0.353. The fourth-order valence-corrected chi connectivity index (χ4v) is 2.97. The van der Waals surface area contributed by atoms with Gasteiger partial charge in [-0.25, -0.2) is 9.38 Å². The zero-order valence-corrected chi connectivity index (χ0v) is 14.1. The minimum Gasteiger partial charge on any atom is -0.469 e. The van der Waals surface area contributed by atoms with Gasteiger partial charge in [-0.3, -0.25) is 9.79 Å². The van der Waals surface area contributed by atoms with Crippen LogP contribution in [0.25, 0.3) is 10.9 Å². The summed E-state index contributed by atoms with van der Waals surface area (Å²) in [5.74, 6) is -0.274. The van der Waals surface area contributed by atoms with Crippen molar-refractivity contribution in [2.45, 2.75) is 25.6 Å². The van der Waals surface area contributed by atoms with E-state index in [0.29, 0.717) is 5.56 Å². The van der Waals surface area contributed by atoms with Crippen molar-refractivity contribution in [3.8, 4) is 0 Å². The molecule has 0 saturated heterocycles. The molecule has 7 heteroatoms. The zero-order valence-electron chi connectivity index (χ0n) is 13.4. The standard InChI is InChI=1S/C17H17ClFN3O2/c1-10(7-15(23)24-2)22-6-5-11-3-4-12(8-14(11)22)16-13(19)9-20-17(18)21-16/h3-6,8,10,13H,7,9H2,1-2H3. The third kappa shape index (κ3) is 3.19. The second kappa shape index (κ2) is 6.73. The Kier molecular flexibility index (Phi) is 4.66. The van der Waals surface area contributed by atoms with Crippen molar-refractivity contribution >= 4 is 39.5 Å². The third-order valence-electron chi connectivity index (χ3n) is 4.08. The number of amidine groups is 1. The van der Waals surface area contributed by atoms with Gasteiger partial charge in [0.05, 0.1) is 25.8 Å². The molecule has 2 unspecified atom stereocenters. The van der Waals surface area contributed by atoms with Gasteiger partial charge in [-0.05, 0) is 36.0 Å². The van der Waals surface area contributed by atoms with Crippen molar-refractivity contribution in [2.75, 3.05) is 13.7 Å². The maximum absolute atomic E-state index is 14.1. The SMILES string of the molecule is COC(=O)CC(C)n1ccc2ccc(C3=NC(Cl)=NCC3F)cc21. The normalized spacial score (nSPS) is 18.9. The van der Waals surface area contributed by atoms with Gasteiger partial charge in [-0.15, -0.1) is 0 Å². The van der Waals surface area contributed by atoms with E-state index >= 15 is 0 Å². The Bertz CT molecular complexity index is 843. The summed E-state index contributed by atoms with van der Waals surface area (Å²) in [5, 5.41) is 1.07. The molecule has 0 bridgehead atoms. The molecule has 5 nitrogen and oxygen atoms in total. The van der Waals surface area contributed by atoms with Crippen molar-refractivity contribution in [1.29, 1.82) is 0 Å². The summed E-state index contributed by atoms with van der Waals surface area (Å²) in [6, 6.07) is 7.46. The summed E-state index contributed by atoms with van der Waals surface area (Å²) >= 11 is 5.82. The first-order chi connectivity index (χ1) is 11.5. The molecular weight excluding hydrogens is 333 g/mol. The molecule has 126 valence electrons. The molecule has 1 aromatic carbocycles. The number of alkyl halides is 1. The molecule has 1 aromatic heterocycles. The van der Waals surface area contributed by atoms with Gasteiger partial charge in [0, 0.05) is 23.3 Å². The van der Waals surface area contributed by atoms with Crippen molar-refractivity contribution in [3.05, 3.63) is 36.0 Å². The quantitative estimate of drug-likeness (QED) is 0.626. The minimum atomic E-state index is -1.28. The molecule has 3 rings (SSSR count). The Morgan fingerprint density at radius 2 is 2.29 bits per heavy atom. The highest BCUT2D eigenvalue weighted by molar-refractivity contribution is 6.66. The Morgan fingerprint density at radius 1 is 1.50 bits per heavy atom. The number of aromatic nitrogens is 1. The summed E-state index contributed by atoms with van der Waals surface area (Å²) in [7, 11) is 1.37. The molecule has 24 heavy (non-hydrogen) atoms. The van der Waals surface area contributed by atoms with Crippen LogP contribution in [0.1, 0.15) is 24.9 Å². The maximum atomic E-state index is 14.1. The zero-order chi connectivity index (χ0) is 17.3. The average Bonchev–Trinajstić information content (AvgIpc) is 3.00. The van der Waals surface area contributed by atoms with E-state index in [1.807, 2.05) is 42.0 Å². The first-order valence-corrected chi connectivity index (χ1v) is 7.97. The van der Waals surface area contributed by atoms with Crippen LogP contribution in [-0.4, -0.2) is 41.4 Å². The molecule has 1 aliphatic heterocycles. The highest BCUT2D eigenvalue weighted by atomic mass is 35.5. The van der Waals surface area contributed by atoms with Gasteiger partial charge >= 0.3 is 5.97 Å². The second-order valence-electron chi connectivity index (χ2n) is 5.70. The molecule has 0 saturated carbocycles. The summed E-state index contributed by atoms with van der Waals surface area (Å²) < 4.78 is 20.8. The largest absolute Gasteiger partial charge is 0.469 e. The number of methoxy groups -OCH3 is 1. The lowest BCUT2D eigenvalue weighted by atomic mass is 10.0. The highest BCUT2D eigenvalue weighted by Crippen LogP contribution is 2.25. The first-order valence-electron chi connectivity index (χ1n) is 7.60. The van der Waals surface area contributed by atoms with E-state index in [2.05, 4.69) is 9.98 Å². The molecule has 0 radical (unpaired) electrons. The molecule has 0 amide bonds. The lowest BCUT2D eigenvalue weighted by Crippen LogP contribution is -2.25. The number of carbonyl (C=O) groups excluding carboxylic acids is 1. The lowest BCUT2D eigenvalue weighted by Gasteiger charge is -2.16. The smallest absolute Gasteiger partial charge is 0.307 e. The van der Waals surface area contributed by atoms with E-state index in [0.717, 1.165) is 10.9 Å². The van der Waals surface area contributed by atoms with E-state index in [9.17, 15) is 9.18 Å². The number of benzene rings is 1. The highest BCUT2D eigenvalue weighted by Gasteiger charge is 2.22. The Morgan fingerprint density at radius 3 is 3.04 bits per heavy atom. The molecule has 2 heterocycles. The second-order valence-corrected chi connectivity index (χ2v) is 6.04. The lowest BCUT2D eigenvalue weighted by molar-refractivity contribution is -0.141. The van der Waals surface area contributed by atoms with E-state index in [1.165, 1.54) is 7.11 Å². The predicted octanol–water partition coefficient (Wildman–Crippen LogP) is 3.50. The van der Waals surface area contributed by atoms with Gasteiger partial charge in [0.25, 0.3) is 0 Å². The van der Waals surface area contributed by atoms with Crippen LogP contribution in [0.3, 0.4) is 0 Å². The number of ether oxygens (including phenoxy) is 1. The Hall–Kier alpha value is -2.21. The number of rotatable bonds is 4. The summed E-state index contributed by atoms with van der Waals surface area (Å²) in [5.41, 5.74) is 1.84. The number of esters is 1. The molecule has 1 aliphatic rings. The Balaban J connectivity index is 2.00. The van der Waals surface area contributed by atoms with Gasteiger partial charge in [0.15, 0.2) is 6.17 Å². The molecular formula is C17H17ClFN3O2. The van der Waals surface area contributed by atoms with Gasteiger partial charge < -0.3 is 9.30 Å². The van der Waals surface area contributed by atoms with Crippen molar-refractivity contribution in [1.82, 2.24) is 4.57 Å². The number of hydrogen-bond donors (Lipinski definition) is 0. The van der Waals surface area contributed by atoms with E-state index in [-0.39, 0.29) is 36.0 Å². The number of hydrogen-bond acceptors (Lipinski definition) is 4. The molecule has 2 atom stereocenters. The van der Waals surface area contributed by atoms with E-state index in [1.54, 1.807) is 0 Å². The van der Waals surface area contributed by atoms with Crippen LogP contribution in [-0.2, 0) is 9.53 Å².